The molecule has 0 unspecified atom stereocenters. The third-order valence-corrected chi connectivity index (χ3v) is 8.86. The zero-order valence-corrected chi connectivity index (χ0v) is 21.3. The molecule has 3 amide bonds. The molecule has 0 aromatic heterocycles. The average molecular weight is 526 g/mol. The number of nitrogens with two attached hydrogens (primary N) is 2. The van der Waals surface area contributed by atoms with E-state index >= 15 is 0 Å². The highest BCUT2D eigenvalue weighted by Gasteiger charge is 2.75. The SMILES string of the molecule is CC1(C)CCc2c(C(=O)N[C@H]3C[N+]4=C(N)N[C@@H](CN5C(=O)CCC5=O)[C@@H]5N=C(N)N[C@@]54C3(O)O)cccc21. The molecule has 0 saturated carbocycles. The maximum Gasteiger partial charge on any atom is 0.346 e. The lowest BCUT2D eigenvalue weighted by Crippen LogP contribution is -2.79. The van der Waals surface area contributed by atoms with E-state index in [9.17, 15) is 24.6 Å². The number of hydrogen-bond acceptors (Lipinski definition) is 10. The lowest BCUT2D eigenvalue weighted by molar-refractivity contribution is -0.623. The van der Waals surface area contributed by atoms with E-state index in [1.807, 2.05) is 12.1 Å². The largest absolute Gasteiger partial charge is 0.370 e. The number of nitrogens with zero attached hydrogens (tertiary/aromatic N) is 3. The highest BCUT2D eigenvalue weighted by Crippen LogP contribution is 2.43. The summed E-state index contributed by atoms with van der Waals surface area (Å²) < 4.78 is 1.49. The van der Waals surface area contributed by atoms with Gasteiger partial charge >= 0.3 is 5.96 Å². The Bertz CT molecular complexity index is 1320. The van der Waals surface area contributed by atoms with Crippen molar-refractivity contribution in [2.24, 2.45) is 16.5 Å². The quantitative estimate of drug-likeness (QED) is 0.123. The molecule has 38 heavy (non-hydrogen) atoms. The van der Waals surface area contributed by atoms with Crippen LogP contribution in [0.5, 0.6) is 0 Å². The number of likely N-dealkylation sites (tertiary alicyclic amines) is 1. The summed E-state index contributed by atoms with van der Waals surface area (Å²) >= 11 is 0. The van der Waals surface area contributed by atoms with Gasteiger partial charge in [-0.3, -0.25) is 30.3 Å². The van der Waals surface area contributed by atoms with Crippen LogP contribution in [-0.2, 0) is 21.4 Å². The number of amides is 3. The molecule has 1 aromatic carbocycles. The van der Waals surface area contributed by atoms with Crippen molar-refractivity contribution in [2.75, 3.05) is 13.1 Å². The van der Waals surface area contributed by atoms with Crippen molar-refractivity contribution in [1.29, 1.82) is 0 Å². The number of aliphatic imine (C=N–C) groups is 1. The molecule has 13 nitrogen and oxygen atoms in total. The van der Waals surface area contributed by atoms with Crippen molar-refractivity contribution in [2.45, 2.75) is 74.5 Å². The minimum atomic E-state index is -2.58. The van der Waals surface area contributed by atoms with Crippen LogP contribution in [-0.4, -0.2) is 92.0 Å². The Morgan fingerprint density at radius 1 is 1.21 bits per heavy atom. The molecule has 13 heteroatoms. The zero-order valence-electron chi connectivity index (χ0n) is 21.3. The molecule has 202 valence electrons. The number of guanidine groups is 2. The van der Waals surface area contributed by atoms with Gasteiger partial charge in [0.05, 0.1) is 13.1 Å². The monoisotopic (exact) mass is 525 g/mol. The maximum atomic E-state index is 13.5. The molecular formula is C25H33N8O5+. The lowest BCUT2D eigenvalue weighted by atomic mass is 9.84. The third-order valence-electron chi connectivity index (χ3n) is 8.86. The molecule has 4 atom stereocenters. The number of rotatable bonds is 4. The number of aliphatic hydroxyl groups is 2. The van der Waals surface area contributed by atoms with E-state index in [2.05, 4.69) is 34.8 Å². The molecule has 2 fully saturated rings. The van der Waals surface area contributed by atoms with Crippen molar-refractivity contribution in [3.05, 3.63) is 34.9 Å². The van der Waals surface area contributed by atoms with E-state index in [1.54, 1.807) is 6.07 Å². The van der Waals surface area contributed by atoms with Gasteiger partial charge in [-0.25, -0.2) is 9.57 Å². The van der Waals surface area contributed by atoms with Crippen molar-refractivity contribution < 1.29 is 29.2 Å². The number of hydrogen-bond donors (Lipinski definition) is 7. The predicted octanol–water partition coefficient (Wildman–Crippen LogP) is -2.87. The van der Waals surface area contributed by atoms with Crippen molar-refractivity contribution >= 4 is 29.6 Å². The fourth-order valence-corrected chi connectivity index (χ4v) is 6.84. The molecule has 0 bridgehead atoms. The van der Waals surface area contributed by atoms with Crippen LogP contribution in [0.2, 0.25) is 0 Å². The Hall–Kier alpha value is -3.71. The average Bonchev–Trinajstić information content (AvgIpc) is 3.54. The lowest BCUT2D eigenvalue weighted by Gasteiger charge is -2.44. The molecule has 1 aromatic rings. The number of imide groups is 1. The molecule has 1 spiro atoms. The van der Waals surface area contributed by atoms with Crippen LogP contribution in [0.25, 0.3) is 0 Å². The molecule has 2 saturated heterocycles. The van der Waals surface area contributed by atoms with Gasteiger partial charge < -0.3 is 26.6 Å². The van der Waals surface area contributed by atoms with Crippen LogP contribution in [0.4, 0.5) is 0 Å². The van der Waals surface area contributed by atoms with Gasteiger partial charge in [0.2, 0.25) is 23.3 Å². The van der Waals surface area contributed by atoms with Crippen LogP contribution in [0.3, 0.4) is 0 Å². The van der Waals surface area contributed by atoms with Crippen LogP contribution >= 0.6 is 0 Å². The normalized spacial score (nSPS) is 32.4. The van der Waals surface area contributed by atoms with E-state index in [4.69, 9.17) is 11.5 Å². The summed E-state index contributed by atoms with van der Waals surface area (Å²) in [5.41, 5.74) is 13.2. The van der Waals surface area contributed by atoms with Crippen LogP contribution < -0.4 is 27.4 Å². The summed E-state index contributed by atoms with van der Waals surface area (Å²) in [4.78, 5) is 43.6. The number of carbonyl (C=O) groups is 3. The summed E-state index contributed by atoms with van der Waals surface area (Å²) in [6.07, 6.45) is 1.91. The predicted molar refractivity (Wildman–Crippen MR) is 135 cm³/mol. The van der Waals surface area contributed by atoms with Gasteiger partial charge in [0.25, 0.3) is 5.91 Å². The molecule has 6 rings (SSSR count). The first-order valence-electron chi connectivity index (χ1n) is 12.9. The number of carbonyl (C=O) groups excluding carboxylic acids is 3. The molecule has 4 heterocycles. The summed E-state index contributed by atoms with van der Waals surface area (Å²) in [6, 6.07) is 2.74. The van der Waals surface area contributed by atoms with E-state index in [0.717, 1.165) is 28.9 Å². The third kappa shape index (κ3) is 3.21. The zero-order chi connectivity index (χ0) is 27.2. The number of fused-ring (bicyclic) bond motifs is 1. The van der Waals surface area contributed by atoms with E-state index in [1.165, 1.54) is 4.58 Å². The molecular weight excluding hydrogens is 492 g/mol. The smallest absolute Gasteiger partial charge is 0.346 e. The maximum absolute atomic E-state index is 13.5. The van der Waals surface area contributed by atoms with Gasteiger partial charge in [0.1, 0.15) is 18.1 Å². The molecule has 4 aliphatic heterocycles. The van der Waals surface area contributed by atoms with Gasteiger partial charge in [-0.05, 0) is 35.4 Å². The molecule has 5 aliphatic rings. The van der Waals surface area contributed by atoms with Gasteiger partial charge in [-0.1, -0.05) is 26.0 Å². The molecule has 0 radical (unpaired) electrons. The van der Waals surface area contributed by atoms with Gasteiger partial charge in [-0.15, -0.1) is 0 Å². The van der Waals surface area contributed by atoms with Gasteiger partial charge in [0.15, 0.2) is 5.96 Å². The minimum absolute atomic E-state index is 0.0473. The summed E-state index contributed by atoms with van der Waals surface area (Å²) in [7, 11) is 0. The Kier molecular flexibility index (Phi) is 5.12. The van der Waals surface area contributed by atoms with E-state index < -0.39 is 35.5 Å². The second kappa shape index (κ2) is 7.90. The summed E-state index contributed by atoms with van der Waals surface area (Å²) in [5.74, 6) is -3.61. The van der Waals surface area contributed by atoms with Crippen LogP contribution in [0, 0.1) is 0 Å². The fourth-order valence-electron chi connectivity index (χ4n) is 6.84. The second-order valence-electron chi connectivity index (χ2n) is 11.5. The van der Waals surface area contributed by atoms with Gasteiger partial charge in [-0.2, -0.15) is 0 Å². The Morgan fingerprint density at radius 3 is 2.63 bits per heavy atom. The molecule has 9 N–H and O–H groups in total. The number of nitrogens with one attached hydrogen (secondary N) is 3. The minimum Gasteiger partial charge on any atom is -0.370 e. The summed E-state index contributed by atoms with van der Waals surface area (Å²) in [5, 5.41) is 32.1. The van der Waals surface area contributed by atoms with Crippen molar-refractivity contribution in [1.82, 2.24) is 20.9 Å². The Labute approximate surface area is 218 Å². The van der Waals surface area contributed by atoms with Gasteiger partial charge in [0, 0.05) is 18.4 Å². The topological polar surface area (TPSA) is 198 Å². The first-order chi connectivity index (χ1) is 17.9. The first kappa shape index (κ1) is 24.6. The van der Waals surface area contributed by atoms with E-state index in [0.29, 0.717) is 5.56 Å². The summed E-state index contributed by atoms with van der Waals surface area (Å²) in [6.45, 7) is 4.15. The van der Waals surface area contributed by atoms with E-state index in [-0.39, 0.29) is 55.1 Å². The van der Waals surface area contributed by atoms with Crippen LogP contribution in [0.15, 0.2) is 23.2 Å². The van der Waals surface area contributed by atoms with Crippen LogP contribution in [0.1, 0.15) is 54.6 Å². The Morgan fingerprint density at radius 2 is 1.92 bits per heavy atom. The fraction of sp³-hybridized carbons (Fsp3) is 0.560. The van der Waals surface area contributed by atoms with Crippen molar-refractivity contribution in [3.8, 4) is 0 Å². The van der Waals surface area contributed by atoms with Crippen molar-refractivity contribution in [3.63, 3.8) is 0 Å². The second-order valence-corrected chi connectivity index (χ2v) is 11.5. The number of benzene rings is 1. The first-order valence-corrected chi connectivity index (χ1v) is 12.9. The highest BCUT2D eigenvalue weighted by molar-refractivity contribution is 6.02. The Balaban J connectivity index is 1.32. The standard InChI is InChI=1S/C25H32N8O5/c1-23(2)9-8-12-13(4-3-5-14(12)23)20(36)29-16-11-33-22(27)28-15(10-32-17(34)6-7-18(32)35)19-24(33,25(16,37)38)31-21(26)30-19/h3-5,15-16,19,37-38H,6-11H2,1-2H3,(H6,26,27,28,29,30,31,36)/p+1/t15-,16-,19-,24-/m0/s1. The molecule has 1 aliphatic carbocycles. The highest BCUT2D eigenvalue weighted by atomic mass is 16.5.